The minimum absolute atomic E-state index is 0.101. The molecule has 2 aromatic carbocycles. The number of nitrogens with one attached hydrogen (secondary N) is 1. The summed E-state index contributed by atoms with van der Waals surface area (Å²) in [6.07, 6.45) is -4.78. The van der Waals surface area contributed by atoms with Crippen molar-refractivity contribution in [2.45, 2.75) is 57.3 Å². The molecule has 0 bridgehead atoms. The van der Waals surface area contributed by atoms with E-state index >= 15 is 0 Å². The number of hydrogen-bond acceptors (Lipinski definition) is 13. The predicted octanol–water partition coefficient (Wildman–Crippen LogP) is 3.42. The molecule has 0 radical (unpaired) electrons. The molecule has 276 valence electrons. The second-order valence-electron chi connectivity index (χ2n) is 11.2. The predicted molar refractivity (Wildman–Crippen MR) is 175 cm³/mol. The second kappa shape index (κ2) is 15.6. The van der Waals surface area contributed by atoms with Crippen LogP contribution in [0.25, 0.3) is 0 Å². The van der Waals surface area contributed by atoms with Crippen molar-refractivity contribution >= 4 is 31.1 Å². The molecule has 0 aliphatic carbocycles. The van der Waals surface area contributed by atoms with Gasteiger partial charge in [-0.1, -0.05) is 66.8 Å². The van der Waals surface area contributed by atoms with Crippen molar-refractivity contribution < 1.29 is 69.5 Å². The highest BCUT2D eigenvalue weighted by molar-refractivity contribution is 7.70. The van der Waals surface area contributed by atoms with Gasteiger partial charge in [-0.3, -0.25) is 23.4 Å². The molecule has 0 amide bonds. The molecule has 23 heteroatoms. The molecule has 19 nitrogen and oxygen atoms in total. The Morgan fingerprint density at radius 3 is 2.12 bits per heavy atom. The Bertz CT molecular complexity index is 2110. The summed E-state index contributed by atoms with van der Waals surface area (Å²) in [6, 6.07) is 14.6. The van der Waals surface area contributed by atoms with Crippen LogP contribution in [0.15, 0.2) is 70.4 Å². The summed E-state index contributed by atoms with van der Waals surface area (Å²) in [6.45, 7) is 2.72. The zero-order chi connectivity index (χ0) is 37.2. The lowest BCUT2D eigenvalue weighted by molar-refractivity contribution is -0.152. The summed E-state index contributed by atoms with van der Waals surface area (Å²) in [5, 5.41) is 0. The number of ether oxygens (including phenoxy) is 3. The number of aryl methyl sites for hydroxylation is 1. The molecule has 0 saturated carbocycles. The van der Waals surface area contributed by atoms with Crippen molar-refractivity contribution in [3.05, 3.63) is 104 Å². The molecule has 5 N–H and O–H groups in total. The van der Waals surface area contributed by atoms with Crippen molar-refractivity contribution in [1.29, 1.82) is 0 Å². The van der Waals surface area contributed by atoms with Crippen LogP contribution in [0.5, 0.6) is 0 Å². The Morgan fingerprint density at radius 1 is 0.824 bits per heavy atom. The van der Waals surface area contributed by atoms with Crippen LogP contribution in [0.4, 0.5) is 0 Å². The minimum Gasteiger partial charge on any atom is -0.346 e. The first kappa shape index (κ1) is 39.4. The lowest BCUT2D eigenvalue weighted by Gasteiger charge is -2.22. The maximum Gasteiger partial charge on any atom is 0.490 e. The largest absolute Gasteiger partial charge is 0.490 e. The molecular weight excluding hydrogens is 760 g/mol. The number of hydrogen-bond donors (Lipinski definition) is 5. The first-order valence-electron chi connectivity index (χ1n) is 14.9. The summed E-state index contributed by atoms with van der Waals surface area (Å²) in [4.78, 5) is 67.6. The Kier molecular flexibility index (Phi) is 12.1. The van der Waals surface area contributed by atoms with Gasteiger partial charge >= 0.3 is 36.8 Å². The van der Waals surface area contributed by atoms with Gasteiger partial charge in [-0.05, 0) is 31.0 Å². The van der Waals surface area contributed by atoms with E-state index in [2.05, 4.69) is 29.8 Å². The topological polar surface area (TPSA) is 269 Å². The molecule has 9 unspecified atom stereocenters. The van der Waals surface area contributed by atoms with Crippen LogP contribution in [-0.4, -0.2) is 60.3 Å². The van der Waals surface area contributed by atoms with Crippen LogP contribution in [0.2, 0.25) is 0 Å². The number of phosphoric acid groups is 3. The molecule has 2 fully saturated rings. The summed E-state index contributed by atoms with van der Waals surface area (Å²) in [7, 11) is -22.5. The van der Waals surface area contributed by atoms with Crippen LogP contribution in [-0.2, 0) is 56.1 Å². The molecular formula is C28H32N2O17P4. The second-order valence-corrected chi connectivity index (χ2v) is 17.8. The summed E-state index contributed by atoms with van der Waals surface area (Å²) in [5.41, 5.74) is 0.0289. The molecule has 5 rings (SSSR count). The maximum absolute atomic E-state index is 12.9. The van der Waals surface area contributed by atoms with Crippen molar-refractivity contribution in [3.8, 4) is 11.8 Å². The van der Waals surface area contributed by atoms with Crippen molar-refractivity contribution in [2.24, 2.45) is 0 Å². The number of aromatic amines is 1. The maximum atomic E-state index is 12.9. The van der Waals surface area contributed by atoms with Gasteiger partial charge in [-0.25, -0.2) is 22.8 Å². The van der Waals surface area contributed by atoms with Gasteiger partial charge in [0.15, 0.2) is 12.5 Å². The Labute approximate surface area is 289 Å². The highest BCUT2D eigenvalue weighted by atomic mass is 31.3. The third-order valence-electron chi connectivity index (χ3n) is 7.14. The van der Waals surface area contributed by atoms with Crippen LogP contribution >= 0.6 is 31.1 Å². The lowest BCUT2D eigenvalue weighted by atomic mass is 10.1. The number of aromatic nitrogens is 2. The fourth-order valence-corrected chi connectivity index (χ4v) is 10.6. The lowest BCUT2D eigenvalue weighted by Crippen LogP contribution is -2.38. The fraction of sp³-hybridized carbons (Fsp3) is 0.357. The molecule has 2 saturated heterocycles. The summed E-state index contributed by atoms with van der Waals surface area (Å²) < 4.78 is 85.2. The highest BCUT2D eigenvalue weighted by Crippen LogP contribution is 2.71. The van der Waals surface area contributed by atoms with E-state index in [1.807, 2.05) is 19.1 Å². The van der Waals surface area contributed by atoms with E-state index in [0.717, 1.165) is 16.3 Å². The zero-order valence-corrected chi connectivity index (χ0v) is 30.2. The number of phosphoric ester groups is 1. The molecule has 9 atom stereocenters. The summed E-state index contributed by atoms with van der Waals surface area (Å²) in [5.74, 6) is 5.54. The third-order valence-corrected chi connectivity index (χ3v) is 13.5. The summed E-state index contributed by atoms with van der Waals surface area (Å²) >= 11 is 0. The van der Waals surface area contributed by atoms with Gasteiger partial charge in [-0.15, -0.1) is 0 Å². The molecule has 1 aromatic heterocycles. The SMILES string of the molecule is CCC1OC2C(COP(=O)(O)OP(=O)(O)OP(=O)(O)OP(=O)(O)Cc3ccccc3)OC(n3cc(C#Cc4ccc(C)cc4)c(=O)[nH]c3=O)C2O1. The van der Waals surface area contributed by atoms with Gasteiger partial charge in [0.2, 0.25) is 0 Å². The first-order valence-corrected chi connectivity index (χ1v) is 21.1. The van der Waals surface area contributed by atoms with Crippen LogP contribution in [0.3, 0.4) is 0 Å². The first-order chi connectivity index (χ1) is 23.8. The number of benzene rings is 2. The Hall–Kier alpha value is -2.84. The van der Waals surface area contributed by atoms with Gasteiger partial charge in [0.1, 0.15) is 23.9 Å². The molecule has 0 spiro atoms. The normalized spacial score (nSPS) is 26.1. The molecule has 3 heterocycles. The number of fused-ring (bicyclic) bond motifs is 1. The van der Waals surface area contributed by atoms with Gasteiger partial charge in [0.05, 0.1) is 12.8 Å². The van der Waals surface area contributed by atoms with E-state index in [-0.39, 0.29) is 11.1 Å². The van der Waals surface area contributed by atoms with Gasteiger partial charge < -0.3 is 33.8 Å². The number of rotatable bonds is 13. The molecule has 3 aromatic rings. The van der Waals surface area contributed by atoms with E-state index < -0.39 is 85.9 Å². The molecule has 2 aliphatic rings. The average Bonchev–Trinajstić information content (AvgIpc) is 3.58. The number of H-pyrrole nitrogens is 1. The Balaban J connectivity index is 1.27. The van der Waals surface area contributed by atoms with Crippen molar-refractivity contribution in [3.63, 3.8) is 0 Å². The average molecular weight is 792 g/mol. The third kappa shape index (κ3) is 10.6. The zero-order valence-electron chi connectivity index (χ0n) is 26.6. The van der Waals surface area contributed by atoms with E-state index in [4.69, 9.17) is 18.7 Å². The molecule has 2 aliphatic heterocycles. The van der Waals surface area contributed by atoms with E-state index in [0.29, 0.717) is 12.0 Å². The smallest absolute Gasteiger partial charge is 0.346 e. The highest BCUT2D eigenvalue weighted by Gasteiger charge is 2.54. The van der Waals surface area contributed by atoms with Crippen molar-refractivity contribution in [2.75, 3.05) is 6.61 Å². The van der Waals surface area contributed by atoms with Crippen LogP contribution < -0.4 is 11.2 Å². The van der Waals surface area contributed by atoms with Gasteiger partial charge in [-0.2, -0.15) is 8.62 Å². The van der Waals surface area contributed by atoms with E-state index in [1.54, 1.807) is 25.1 Å². The standard InChI is InChI=1S/C28H32N2O17P4/c1-3-23-43-24-22(16-41-49(35,36)46-51(39,40)47-50(37,38)45-48(33,34)17-20-7-5-4-6-8-20)42-27(25(24)44-23)30-15-21(26(31)29-28(30)32)14-13-19-11-9-18(2)10-12-19/h4-12,15,22-25,27H,3,16-17H2,1-2H3,(H,33,34)(H,35,36)(H,37,38)(H,39,40)(H,29,31,32). The van der Waals surface area contributed by atoms with E-state index in [9.17, 15) is 47.4 Å². The van der Waals surface area contributed by atoms with Crippen molar-refractivity contribution in [1.82, 2.24) is 9.55 Å². The van der Waals surface area contributed by atoms with Crippen LogP contribution in [0, 0.1) is 18.8 Å². The van der Waals surface area contributed by atoms with Gasteiger partial charge in [0, 0.05) is 11.8 Å². The molecule has 51 heavy (non-hydrogen) atoms. The van der Waals surface area contributed by atoms with Crippen LogP contribution in [0.1, 0.15) is 41.8 Å². The van der Waals surface area contributed by atoms with Gasteiger partial charge in [0.25, 0.3) is 5.56 Å². The quantitative estimate of drug-likeness (QED) is 0.123. The Morgan fingerprint density at radius 2 is 1.45 bits per heavy atom. The number of nitrogens with zero attached hydrogens (tertiary/aromatic N) is 1. The van der Waals surface area contributed by atoms with E-state index in [1.165, 1.54) is 24.3 Å². The fourth-order valence-electron chi connectivity index (χ4n) is 4.98. The minimum atomic E-state index is -6.01. The monoisotopic (exact) mass is 792 g/mol.